The number of fused-ring (bicyclic) bond motifs is 3. The summed E-state index contributed by atoms with van der Waals surface area (Å²) in [5, 5.41) is 78.4. The first-order valence-electron chi connectivity index (χ1n) is 22.7. The van der Waals surface area contributed by atoms with Gasteiger partial charge in [-0.15, -0.1) is 0 Å². The fraction of sp³-hybridized carbons (Fsp3) is 0.822. The van der Waals surface area contributed by atoms with Crippen molar-refractivity contribution >= 4 is 33.2 Å². The van der Waals surface area contributed by atoms with E-state index in [9.17, 15) is 35.4 Å². The Balaban J connectivity index is 1.04. The second-order valence-electron chi connectivity index (χ2n) is 20.3. The standard InChI is InChI=1S/C45H64N2O10S2/c48-20-25-5-1-4-24(14-25)15-26-16-31-37(51)29-7-2-8-32-36(29)38(52)44(31,34(50)17-26)22-58-59-23-47-35-18-30-27(19-46-35)9-10-28-6-3-12-43(28,30)33-11-13-42(21-49)41(54)45(33,55)39(53)40(56-32)57-42/h11,13,16-17,24-25,27-33,35-36,39-41,46-50,53-55H,1-10,12,14-15,18-23H2. The number of Topliss-reactive ketones (excluding diaryl/α,β-unsaturated/α-hetero) is 2. The third kappa shape index (κ3) is 6.25. The average Bonchev–Trinajstić information content (AvgIpc) is 3.69. The molecule has 10 rings (SSSR count). The van der Waals surface area contributed by atoms with E-state index in [-0.39, 0.29) is 47.7 Å². The van der Waals surface area contributed by atoms with Crippen LogP contribution in [0.1, 0.15) is 89.9 Å². The van der Waals surface area contributed by atoms with Crippen LogP contribution in [0.4, 0.5) is 0 Å². The van der Waals surface area contributed by atoms with E-state index in [1.165, 1.54) is 10.8 Å². The highest BCUT2D eigenvalue weighted by Crippen LogP contribution is 2.67. The second-order valence-corrected chi connectivity index (χ2v) is 22.7. The summed E-state index contributed by atoms with van der Waals surface area (Å²) in [5.41, 5.74) is -4.94. The van der Waals surface area contributed by atoms with Gasteiger partial charge in [0, 0.05) is 24.2 Å². The predicted molar refractivity (Wildman–Crippen MR) is 222 cm³/mol. The molecule has 18 unspecified atom stereocenters. The van der Waals surface area contributed by atoms with Crippen LogP contribution in [-0.2, 0) is 19.1 Å². The van der Waals surface area contributed by atoms with E-state index in [0.717, 1.165) is 76.3 Å². The van der Waals surface area contributed by atoms with Gasteiger partial charge in [0.25, 0.3) is 0 Å². The number of aliphatic hydroxyl groups excluding tert-OH is 5. The van der Waals surface area contributed by atoms with Crippen molar-refractivity contribution in [1.82, 2.24) is 10.6 Å². The Bertz CT molecular complexity index is 1760. The molecule has 3 saturated heterocycles. The van der Waals surface area contributed by atoms with Crippen molar-refractivity contribution in [3.63, 3.8) is 0 Å². The van der Waals surface area contributed by atoms with Gasteiger partial charge in [-0.05, 0) is 117 Å². The van der Waals surface area contributed by atoms with Gasteiger partial charge in [0.2, 0.25) is 0 Å². The summed E-state index contributed by atoms with van der Waals surface area (Å²) >= 11 is 0. The van der Waals surface area contributed by atoms with Crippen molar-refractivity contribution in [3.05, 3.63) is 35.6 Å². The molecule has 0 aromatic rings. The van der Waals surface area contributed by atoms with Crippen LogP contribution in [0, 0.1) is 64.1 Å². The lowest BCUT2D eigenvalue weighted by atomic mass is 9.45. The Morgan fingerprint density at radius 3 is 2.59 bits per heavy atom. The van der Waals surface area contributed by atoms with E-state index in [1.54, 1.807) is 22.9 Å². The van der Waals surface area contributed by atoms with Gasteiger partial charge in [0.05, 0.1) is 36.6 Å². The number of ketones is 2. The average molecular weight is 857 g/mol. The quantitative estimate of drug-likeness (QED) is 0.150. The van der Waals surface area contributed by atoms with Crippen LogP contribution in [0.2, 0.25) is 0 Å². The highest BCUT2D eigenvalue weighted by molar-refractivity contribution is 8.76. The summed E-state index contributed by atoms with van der Waals surface area (Å²) in [5.74, 6) is -1.33. The van der Waals surface area contributed by atoms with Gasteiger partial charge in [-0.25, -0.2) is 0 Å². The molecule has 8 fully saturated rings. The number of allylic oxidation sites excluding steroid dienone is 4. The number of hydrogen-bond acceptors (Lipinski definition) is 14. The lowest BCUT2D eigenvalue weighted by Crippen LogP contribution is -2.79. The predicted octanol–water partition coefficient (Wildman–Crippen LogP) is 3.91. The topological polar surface area (TPSA) is 198 Å². The third-order valence-electron chi connectivity index (χ3n) is 17.7. The largest absolute Gasteiger partial charge is 0.511 e. The Labute approximate surface area is 355 Å². The normalized spacial score (nSPS) is 52.1. The van der Waals surface area contributed by atoms with Crippen molar-refractivity contribution in [1.29, 1.82) is 0 Å². The Kier molecular flexibility index (Phi) is 11.1. The molecule has 7 aliphatic carbocycles. The minimum atomic E-state index is -2.13. The molecule has 3 heterocycles. The molecule has 3 aliphatic heterocycles. The number of hydrogen-bond donors (Lipinski definition) is 8. The Morgan fingerprint density at radius 1 is 0.932 bits per heavy atom. The lowest BCUT2D eigenvalue weighted by molar-refractivity contribution is -0.383. The monoisotopic (exact) mass is 856 g/mol. The molecule has 5 saturated carbocycles. The zero-order chi connectivity index (χ0) is 40.9. The van der Waals surface area contributed by atoms with Gasteiger partial charge in [0.15, 0.2) is 12.1 Å². The van der Waals surface area contributed by atoms with Crippen LogP contribution in [0.3, 0.4) is 0 Å². The van der Waals surface area contributed by atoms with E-state index in [4.69, 9.17) is 9.47 Å². The zero-order valence-electron chi connectivity index (χ0n) is 34.0. The maximum absolute atomic E-state index is 15.4. The summed E-state index contributed by atoms with van der Waals surface area (Å²) in [6.07, 6.45) is 13.4. The van der Waals surface area contributed by atoms with Crippen molar-refractivity contribution < 1.29 is 49.7 Å². The van der Waals surface area contributed by atoms with Crippen molar-refractivity contribution in [2.24, 2.45) is 64.1 Å². The van der Waals surface area contributed by atoms with Gasteiger partial charge in [-0.2, -0.15) is 0 Å². The number of carbonyl (C=O) groups is 2. The number of carbonyl (C=O) groups excluding carboxylic acids is 2. The van der Waals surface area contributed by atoms with Crippen molar-refractivity contribution in [2.75, 3.05) is 31.4 Å². The number of aliphatic hydroxyl groups is 6. The molecular formula is C45H64N2O10S2. The van der Waals surface area contributed by atoms with Gasteiger partial charge in [-0.1, -0.05) is 65.5 Å². The molecule has 12 nitrogen and oxygen atoms in total. The van der Waals surface area contributed by atoms with E-state index in [2.05, 4.69) is 10.6 Å². The molecule has 18 atom stereocenters. The molecule has 0 amide bonds. The van der Waals surface area contributed by atoms with Crippen LogP contribution in [-0.4, -0.2) is 116 Å². The fourth-order valence-corrected chi connectivity index (χ4v) is 17.3. The molecule has 0 radical (unpaired) electrons. The lowest BCUT2D eigenvalue weighted by Gasteiger charge is -2.65. The summed E-state index contributed by atoms with van der Waals surface area (Å²) in [6.45, 7) is 0.309. The first-order chi connectivity index (χ1) is 28.5. The SMILES string of the molecule is O=C1C2CCCC3OC4OC5(CO)C=CC(C(O)(C4O)C5O)C45CCCC4CCC4CNC(CC45)NCSSCC4(C(=O)C32)C(O)=CC(CC2CCCC(CO)C2)=CC14. The highest BCUT2D eigenvalue weighted by atomic mass is 33.1. The van der Waals surface area contributed by atoms with E-state index < -0.39 is 76.9 Å². The number of ether oxygens (including phenoxy) is 2. The van der Waals surface area contributed by atoms with Crippen LogP contribution in [0.5, 0.6) is 0 Å². The second kappa shape index (κ2) is 15.7. The minimum absolute atomic E-state index is 0.0231. The van der Waals surface area contributed by atoms with Crippen molar-refractivity contribution in [2.45, 2.75) is 132 Å². The van der Waals surface area contributed by atoms with Gasteiger partial charge in [-0.3, -0.25) is 14.9 Å². The molecular weight excluding hydrogens is 793 g/mol. The molecule has 0 aromatic carbocycles. The highest BCUT2D eigenvalue weighted by Gasteiger charge is 2.73. The van der Waals surface area contributed by atoms with E-state index >= 15 is 4.79 Å². The fourth-order valence-electron chi connectivity index (χ4n) is 15.0. The number of rotatable bonds is 4. The molecule has 0 aromatic heterocycles. The van der Waals surface area contributed by atoms with E-state index in [0.29, 0.717) is 49.3 Å². The molecule has 326 valence electrons. The molecule has 8 N–H and O–H groups in total. The van der Waals surface area contributed by atoms with Crippen molar-refractivity contribution in [3.8, 4) is 0 Å². The van der Waals surface area contributed by atoms with Crippen LogP contribution in [0.25, 0.3) is 0 Å². The maximum Gasteiger partial charge on any atom is 0.188 e. The number of piperidine rings is 1. The third-order valence-corrected chi connectivity index (χ3v) is 20.0. The first kappa shape index (κ1) is 41.7. The Morgan fingerprint density at radius 2 is 1.76 bits per heavy atom. The van der Waals surface area contributed by atoms with E-state index in [1.807, 2.05) is 12.2 Å². The summed E-state index contributed by atoms with van der Waals surface area (Å²) in [4.78, 5) is 30.4. The van der Waals surface area contributed by atoms with Crippen LogP contribution < -0.4 is 10.6 Å². The van der Waals surface area contributed by atoms with Gasteiger partial charge >= 0.3 is 0 Å². The smallest absolute Gasteiger partial charge is 0.188 e. The van der Waals surface area contributed by atoms with Crippen LogP contribution in [0.15, 0.2) is 35.6 Å². The summed E-state index contributed by atoms with van der Waals surface area (Å²) in [6, 6.07) is 0. The van der Waals surface area contributed by atoms with Gasteiger partial charge in [0.1, 0.15) is 40.4 Å². The summed E-state index contributed by atoms with van der Waals surface area (Å²) in [7, 11) is 3.09. The van der Waals surface area contributed by atoms with Crippen LogP contribution >= 0.6 is 21.6 Å². The molecule has 2 spiro atoms. The molecule has 7 bridgehead atoms. The molecule has 14 heteroatoms. The first-order valence-corrected chi connectivity index (χ1v) is 25.2. The Hall–Kier alpha value is -1.30. The molecule has 10 aliphatic rings. The summed E-state index contributed by atoms with van der Waals surface area (Å²) < 4.78 is 13.2. The zero-order valence-corrected chi connectivity index (χ0v) is 35.6. The molecule has 59 heavy (non-hydrogen) atoms. The van der Waals surface area contributed by atoms with Gasteiger partial charge < -0.3 is 45.4 Å². The maximum atomic E-state index is 15.4. The minimum Gasteiger partial charge on any atom is -0.511 e. The number of nitrogens with one attached hydrogen (secondary N) is 2.